The maximum absolute atomic E-state index is 6.20. The van der Waals surface area contributed by atoms with Crippen molar-refractivity contribution in [1.82, 2.24) is 9.88 Å². The van der Waals surface area contributed by atoms with Crippen molar-refractivity contribution in [1.29, 1.82) is 0 Å². The number of nitrogen functional groups attached to an aromatic ring is 1. The minimum atomic E-state index is 0.790. The first kappa shape index (κ1) is 14.6. The quantitative estimate of drug-likeness (QED) is 0.601. The van der Waals surface area contributed by atoms with Gasteiger partial charge in [0.25, 0.3) is 0 Å². The van der Waals surface area contributed by atoms with Crippen LogP contribution in [0.15, 0.2) is 30.5 Å². The average Bonchev–Trinajstić information content (AvgIpc) is 2.50. The standard InChI is InChI=1S/C16H24N4/c1-3-20(4-2)12-6-11-19-15-9-8-14-13(16(15)17)7-5-10-18-14/h5,7-10,19H,3-4,6,11-12,17H2,1-2H3. The molecule has 4 heteroatoms. The first-order valence-corrected chi connectivity index (χ1v) is 7.35. The summed E-state index contributed by atoms with van der Waals surface area (Å²) in [6, 6.07) is 7.96. The van der Waals surface area contributed by atoms with Crippen LogP contribution in [0.5, 0.6) is 0 Å². The fourth-order valence-electron chi connectivity index (χ4n) is 2.39. The summed E-state index contributed by atoms with van der Waals surface area (Å²) < 4.78 is 0. The number of aromatic nitrogens is 1. The second-order valence-corrected chi connectivity index (χ2v) is 4.90. The summed E-state index contributed by atoms with van der Waals surface area (Å²) >= 11 is 0. The molecule has 0 aliphatic carbocycles. The molecule has 0 unspecified atom stereocenters. The Labute approximate surface area is 121 Å². The van der Waals surface area contributed by atoms with Crippen molar-refractivity contribution in [2.45, 2.75) is 20.3 Å². The number of pyridine rings is 1. The van der Waals surface area contributed by atoms with Crippen molar-refractivity contribution in [2.75, 3.05) is 37.2 Å². The topological polar surface area (TPSA) is 54.2 Å². The smallest absolute Gasteiger partial charge is 0.0724 e. The molecule has 0 aliphatic heterocycles. The van der Waals surface area contributed by atoms with E-state index in [1.54, 1.807) is 6.20 Å². The van der Waals surface area contributed by atoms with Crippen LogP contribution in [-0.2, 0) is 0 Å². The summed E-state index contributed by atoms with van der Waals surface area (Å²) in [5, 5.41) is 4.44. The van der Waals surface area contributed by atoms with Gasteiger partial charge in [0, 0.05) is 18.1 Å². The summed E-state index contributed by atoms with van der Waals surface area (Å²) in [5.74, 6) is 0. The van der Waals surface area contributed by atoms with E-state index in [2.05, 4.69) is 29.0 Å². The zero-order valence-electron chi connectivity index (χ0n) is 12.4. The van der Waals surface area contributed by atoms with Crippen molar-refractivity contribution in [3.05, 3.63) is 30.5 Å². The Morgan fingerprint density at radius 1 is 1.20 bits per heavy atom. The van der Waals surface area contributed by atoms with Crippen LogP contribution in [0.4, 0.5) is 11.4 Å². The fraction of sp³-hybridized carbons (Fsp3) is 0.438. The Morgan fingerprint density at radius 3 is 2.75 bits per heavy atom. The summed E-state index contributed by atoms with van der Waals surface area (Å²) in [6.07, 6.45) is 2.91. The van der Waals surface area contributed by atoms with E-state index in [0.29, 0.717) is 0 Å². The first-order chi connectivity index (χ1) is 9.76. The summed E-state index contributed by atoms with van der Waals surface area (Å²) in [6.45, 7) is 8.68. The second-order valence-electron chi connectivity index (χ2n) is 4.90. The minimum absolute atomic E-state index is 0.790. The van der Waals surface area contributed by atoms with E-state index in [9.17, 15) is 0 Å². The van der Waals surface area contributed by atoms with Crippen LogP contribution in [0.3, 0.4) is 0 Å². The Hall–Kier alpha value is -1.81. The van der Waals surface area contributed by atoms with Crippen LogP contribution in [0.2, 0.25) is 0 Å². The molecule has 2 rings (SSSR count). The third-order valence-corrected chi connectivity index (χ3v) is 3.69. The van der Waals surface area contributed by atoms with E-state index < -0.39 is 0 Å². The summed E-state index contributed by atoms with van der Waals surface area (Å²) in [4.78, 5) is 6.74. The first-order valence-electron chi connectivity index (χ1n) is 7.35. The lowest BCUT2D eigenvalue weighted by Crippen LogP contribution is -2.25. The molecule has 0 spiro atoms. The van der Waals surface area contributed by atoms with Gasteiger partial charge in [0.15, 0.2) is 0 Å². The molecule has 3 N–H and O–H groups in total. The van der Waals surface area contributed by atoms with E-state index >= 15 is 0 Å². The molecule has 0 saturated heterocycles. The lowest BCUT2D eigenvalue weighted by molar-refractivity contribution is 0.303. The van der Waals surface area contributed by atoms with E-state index in [1.807, 2.05) is 24.3 Å². The molecule has 1 aromatic heterocycles. The van der Waals surface area contributed by atoms with E-state index in [4.69, 9.17) is 5.73 Å². The highest BCUT2D eigenvalue weighted by atomic mass is 15.1. The Balaban J connectivity index is 1.95. The predicted molar refractivity (Wildman–Crippen MR) is 87.1 cm³/mol. The molecule has 108 valence electrons. The molecule has 0 fully saturated rings. The van der Waals surface area contributed by atoms with E-state index in [-0.39, 0.29) is 0 Å². The highest BCUT2D eigenvalue weighted by Gasteiger charge is 2.04. The number of fused-ring (bicyclic) bond motifs is 1. The Bertz CT molecular complexity index is 549. The van der Waals surface area contributed by atoms with Crippen molar-refractivity contribution in [3.63, 3.8) is 0 Å². The number of hydrogen-bond donors (Lipinski definition) is 2. The molecule has 0 radical (unpaired) electrons. The van der Waals surface area contributed by atoms with Gasteiger partial charge in [-0.3, -0.25) is 4.98 Å². The molecule has 1 aromatic carbocycles. The van der Waals surface area contributed by atoms with Gasteiger partial charge >= 0.3 is 0 Å². The fourth-order valence-corrected chi connectivity index (χ4v) is 2.39. The Morgan fingerprint density at radius 2 is 2.00 bits per heavy atom. The normalized spacial score (nSPS) is 11.2. The molecular formula is C16H24N4. The van der Waals surface area contributed by atoms with Gasteiger partial charge in [0.05, 0.1) is 16.9 Å². The van der Waals surface area contributed by atoms with Crippen LogP contribution >= 0.6 is 0 Å². The molecule has 20 heavy (non-hydrogen) atoms. The maximum atomic E-state index is 6.20. The predicted octanol–water partition coefficient (Wildman–Crippen LogP) is 2.96. The molecule has 0 atom stereocenters. The Kier molecular flexibility index (Phi) is 5.18. The van der Waals surface area contributed by atoms with Crippen molar-refractivity contribution in [2.24, 2.45) is 0 Å². The molecule has 0 aliphatic rings. The molecule has 0 amide bonds. The van der Waals surface area contributed by atoms with Gasteiger partial charge in [-0.25, -0.2) is 0 Å². The molecular weight excluding hydrogens is 248 g/mol. The van der Waals surface area contributed by atoms with E-state index in [1.165, 1.54) is 0 Å². The molecule has 4 nitrogen and oxygen atoms in total. The zero-order valence-corrected chi connectivity index (χ0v) is 12.4. The van der Waals surface area contributed by atoms with Gasteiger partial charge in [0.1, 0.15) is 0 Å². The van der Waals surface area contributed by atoms with Crippen LogP contribution < -0.4 is 11.1 Å². The van der Waals surface area contributed by atoms with Gasteiger partial charge in [0.2, 0.25) is 0 Å². The number of rotatable bonds is 7. The van der Waals surface area contributed by atoms with Crippen LogP contribution in [0.1, 0.15) is 20.3 Å². The number of benzene rings is 1. The molecule has 0 bridgehead atoms. The average molecular weight is 272 g/mol. The number of nitrogens with zero attached hydrogens (tertiary/aromatic N) is 2. The lowest BCUT2D eigenvalue weighted by Gasteiger charge is -2.18. The number of anilines is 2. The molecule has 2 aromatic rings. The van der Waals surface area contributed by atoms with Gasteiger partial charge in [-0.2, -0.15) is 0 Å². The molecule has 0 saturated carbocycles. The second kappa shape index (κ2) is 7.10. The van der Waals surface area contributed by atoms with Crippen LogP contribution in [0, 0.1) is 0 Å². The highest BCUT2D eigenvalue weighted by molar-refractivity contribution is 5.96. The monoisotopic (exact) mass is 272 g/mol. The highest BCUT2D eigenvalue weighted by Crippen LogP contribution is 2.27. The van der Waals surface area contributed by atoms with Gasteiger partial charge in [-0.1, -0.05) is 13.8 Å². The largest absolute Gasteiger partial charge is 0.397 e. The van der Waals surface area contributed by atoms with Crippen molar-refractivity contribution in [3.8, 4) is 0 Å². The summed E-state index contributed by atoms with van der Waals surface area (Å²) in [7, 11) is 0. The summed E-state index contributed by atoms with van der Waals surface area (Å²) in [5.41, 5.74) is 8.94. The van der Waals surface area contributed by atoms with Crippen LogP contribution in [-0.4, -0.2) is 36.1 Å². The van der Waals surface area contributed by atoms with Gasteiger partial charge in [-0.05, 0) is 50.3 Å². The zero-order chi connectivity index (χ0) is 14.4. The van der Waals surface area contributed by atoms with Crippen molar-refractivity contribution >= 4 is 22.3 Å². The van der Waals surface area contributed by atoms with E-state index in [0.717, 1.165) is 54.9 Å². The number of nitrogens with one attached hydrogen (secondary N) is 1. The SMILES string of the molecule is CCN(CC)CCCNc1ccc2ncccc2c1N. The van der Waals surface area contributed by atoms with Crippen molar-refractivity contribution < 1.29 is 0 Å². The van der Waals surface area contributed by atoms with Gasteiger partial charge in [-0.15, -0.1) is 0 Å². The molecule has 1 heterocycles. The number of hydrogen-bond acceptors (Lipinski definition) is 4. The van der Waals surface area contributed by atoms with Crippen LogP contribution in [0.25, 0.3) is 10.9 Å². The third kappa shape index (κ3) is 3.39. The number of nitrogens with two attached hydrogens (primary N) is 1. The third-order valence-electron chi connectivity index (χ3n) is 3.69. The minimum Gasteiger partial charge on any atom is -0.397 e. The lowest BCUT2D eigenvalue weighted by atomic mass is 10.1. The van der Waals surface area contributed by atoms with Gasteiger partial charge < -0.3 is 16.0 Å². The maximum Gasteiger partial charge on any atom is 0.0724 e.